The van der Waals surface area contributed by atoms with Gasteiger partial charge in [0.2, 0.25) is 0 Å². The van der Waals surface area contributed by atoms with Crippen LogP contribution >= 0.6 is 15.9 Å². The third-order valence-corrected chi connectivity index (χ3v) is 2.78. The van der Waals surface area contributed by atoms with Gasteiger partial charge in [0, 0.05) is 23.4 Å². The van der Waals surface area contributed by atoms with E-state index in [0.29, 0.717) is 0 Å². The molecular formula is C11H19BrN2. The standard InChI is InChI=1S/C11H19BrN2/c1-2-3-4-5-6-8-14-9-7-11(12)10-13-14/h7,9-10,13H,2-6,8H2,1H3. The number of hydrazine groups is 1. The van der Waals surface area contributed by atoms with E-state index in [4.69, 9.17) is 0 Å². The van der Waals surface area contributed by atoms with Gasteiger partial charge in [0.1, 0.15) is 0 Å². The minimum Gasteiger partial charge on any atom is -0.305 e. The summed E-state index contributed by atoms with van der Waals surface area (Å²) in [6.45, 7) is 3.34. The highest BCUT2D eigenvalue weighted by atomic mass is 79.9. The number of hydrogen-bond acceptors (Lipinski definition) is 2. The number of rotatable bonds is 6. The van der Waals surface area contributed by atoms with Crippen molar-refractivity contribution in [1.29, 1.82) is 0 Å². The zero-order chi connectivity index (χ0) is 10.2. The van der Waals surface area contributed by atoms with Crippen LogP contribution in [0.3, 0.4) is 0 Å². The number of nitrogens with zero attached hydrogens (tertiary/aromatic N) is 1. The maximum absolute atomic E-state index is 3.40. The van der Waals surface area contributed by atoms with Crippen LogP contribution < -0.4 is 5.43 Å². The fourth-order valence-electron chi connectivity index (χ4n) is 1.42. The lowest BCUT2D eigenvalue weighted by molar-refractivity contribution is 0.302. The Labute approximate surface area is 95.2 Å². The number of halogens is 1. The molecule has 0 spiro atoms. The third kappa shape index (κ3) is 4.70. The molecule has 80 valence electrons. The topological polar surface area (TPSA) is 15.3 Å². The molecule has 0 saturated carbocycles. The Hall–Kier alpha value is -0.440. The number of allylic oxidation sites excluding steroid dienone is 2. The molecule has 0 aliphatic carbocycles. The fourth-order valence-corrected chi connectivity index (χ4v) is 1.64. The molecule has 0 bridgehead atoms. The van der Waals surface area contributed by atoms with Gasteiger partial charge in [-0.25, -0.2) is 0 Å². The van der Waals surface area contributed by atoms with Gasteiger partial charge in [-0.1, -0.05) is 32.6 Å². The highest BCUT2D eigenvalue weighted by molar-refractivity contribution is 9.11. The van der Waals surface area contributed by atoms with Crippen molar-refractivity contribution in [3.63, 3.8) is 0 Å². The van der Waals surface area contributed by atoms with Gasteiger partial charge in [0.05, 0.1) is 0 Å². The molecular weight excluding hydrogens is 240 g/mol. The predicted octanol–water partition coefficient (Wildman–Crippen LogP) is 3.53. The SMILES string of the molecule is CCCCCCCN1C=CC(Br)=CN1. The van der Waals surface area contributed by atoms with Crippen molar-refractivity contribution < 1.29 is 0 Å². The maximum atomic E-state index is 3.40. The molecule has 0 fully saturated rings. The van der Waals surface area contributed by atoms with Gasteiger partial charge in [-0.05, 0) is 28.4 Å². The average molecular weight is 259 g/mol. The molecule has 2 nitrogen and oxygen atoms in total. The zero-order valence-electron chi connectivity index (χ0n) is 8.80. The Balaban J connectivity index is 2.01. The molecule has 0 aromatic heterocycles. The second kappa shape index (κ2) is 6.93. The zero-order valence-corrected chi connectivity index (χ0v) is 10.4. The molecule has 0 aromatic carbocycles. The van der Waals surface area contributed by atoms with E-state index in [-0.39, 0.29) is 0 Å². The first-order valence-electron chi connectivity index (χ1n) is 5.39. The summed E-state index contributed by atoms with van der Waals surface area (Å²) in [5.41, 5.74) is 3.20. The van der Waals surface area contributed by atoms with E-state index in [9.17, 15) is 0 Å². The van der Waals surface area contributed by atoms with E-state index in [1.807, 2.05) is 6.20 Å². The first-order chi connectivity index (χ1) is 6.83. The van der Waals surface area contributed by atoms with E-state index in [1.165, 1.54) is 32.1 Å². The van der Waals surface area contributed by atoms with Crippen LogP contribution in [-0.4, -0.2) is 11.6 Å². The molecule has 0 unspecified atom stereocenters. The summed E-state index contributed by atoms with van der Waals surface area (Å²) in [5.74, 6) is 0. The molecule has 1 N–H and O–H groups in total. The minimum atomic E-state index is 1.09. The quantitative estimate of drug-likeness (QED) is 0.734. The van der Waals surface area contributed by atoms with Gasteiger partial charge in [-0.3, -0.25) is 5.01 Å². The molecule has 0 saturated heterocycles. The molecule has 0 atom stereocenters. The van der Waals surface area contributed by atoms with Crippen molar-refractivity contribution in [2.45, 2.75) is 39.0 Å². The van der Waals surface area contributed by atoms with E-state index in [0.717, 1.165) is 11.0 Å². The maximum Gasteiger partial charge on any atom is 0.0386 e. The van der Waals surface area contributed by atoms with Crippen molar-refractivity contribution in [1.82, 2.24) is 10.4 Å². The first kappa shape index (κ1) is 11.6. The Bertz CT molecular complexity index is 211. The second-order valence-corrected chi connectivity index (χ2v) is 4.50. The van der Waals surface area contributed by atoms with E-state index >= 15 is 0 Å². The first-order valence-corrected chi connectivity index (χ1v) is 6.19. The van der Waals surface area contributed by atoms with Gasteiger partial charge in [0.25, 0.3) is 0 Å². The van der Waals surface area contributed by atoms with Crippen LogP contribution in [0.1, 0.15) is 39.0 Å². The lowest BCUT2D eigenvalue weighted by atomic mass is 10.1. The van der Waals surface area contributed by atoms with Gasteiger partial charge in [0.15, 0.2) is 0 Å². The number of nitrogens with one attached hydrogen (secondary N) is 1. The summed E-state index contributed by atoms with van der Waals surface area (Å²) < 4.78 is 1.10. The van der Waals surface area contributed by atoms with Crippen molar-refractivity contribution in [2.75, 3.05) is 6.54 Å². The predicted molar refractivity (Wildman–Crippen MR) is 64.8 cm³/mol. The molecule has 1 rings (SSSR count). The lowest BCUT2D eigenvalue weighted by Crippen LogP contribution is -2.31. The van der Waals surface area contributed by atoms with E-state index in [1.54, 1.807) is 0 Å². The molecule has 1 heterocycles. The summed E-state index contributed by atoms with van der Waals surface area (Å²) in [4.78, 5) is 0. The Morgan fingerprint density at radius 1 is 1.29 bits per heavy atom. The van der Waals surface area contributed by atoms with Crippen molar-refractivity contribution in [3.05, 3.63) is 23.0 Å². The fraction of sp³-hybridized carbons (Fsp3) is 0.636. The van der Waals surface area contributed by atoms with Gasteiger partial charge in [-0.2, -0.15) is 0 Å². The van der Waals surface area contributed by atoms with Crippen LogP contribution in [-0.2, 0) is 0 Å². The number of unbranched alkanes of at least 4 members (excludes halogenated alkanes) is 4. The van der Waals surface area contributed by atoms with Crippen LogP contribution in [0.2, 0.25) is 0 Å². The third-order valence-electron chi connectivity index (χ3n) is 2.28. The Kier molecular flexibility index (Phi) is 5.76. The summed E-state index contributed by atoms with van der Waals surface area (Å²) in [7, 11) is 0. The van der Waals surface area contributed by atoms with Crippen LogP contribution in [0.25, 0.3) is 0 Å². The van der Waals surface area contributed by atoms with Crippen molar-refractivity contribution in [3.8, 4) is 0 Å². The molecule has 0 radical (unpaired) electrons. The summed E-state index contributed by atoms with van der Waals surface area (Å²) in [5, 5.41) is 2.12. The molecule has 14 heavy (non-hydrogen) atoms. The largest absolute Gasteiger partial charge is 0.305 e. The Morgan fingerprint density at radius 3 is 2.71 bits per heavy atom. The van der Waals surface area contributed by atoms with E-state index in [2.05, 4.69) is 45.6 Å². The Morgan fingerprint density at radius 2 is 2.07 bits per heavy atom. The highest BCUT2D eigenvalue weighted by Gasteiger charge is 2.00. The van der Waals surface area contributed by atoms with Crippen LogP contribution in [0.15, 0.2) is 23.0 Å². The molecule has 0 aromatic rings. The summed E-state index contributed by atoms with van der Waals surface area (Å²) in [6, 6.07) is 0. The lowest BCUT2D eigenvalue weighted by Gasteiger charge is -2.22. The minimum absolute atomic E-state index is 1.09. The molecule has 1 aliphatic heterocycles. The van der Waals surface area contributed by atoms with Crippen molar-refractivity contribution >= 4 is 15.9 Å². The number of hydrogen-bond donors (Lipinski definition) is 1. The van der Waals surface area contributed by atoms with Crippen LogP contribution in [0, 0.1) is 0 Å². The average Bonchev–Trinajstić information content (AvgIpc) is 2.21. The summed E-state index contributed by atoms with van der Waals surface area (Å²) >= 11 is 3.40. The molecule has 0 amide bonds. The monoisotopic (exact) mass is 258 g/mol. The van der Waals surface area contributed by atoms with Crippen LogP contribution in [0.4, 0.5) is 0 Å². The summed E-state index contributed by atoms with van der Waals surface area (Å²) in [6.07, 6.45) is 12.8. The van der Waals surface area contributed by atoms with Crippen molar-refractivity contribution in [2.24, 2.45) is 0 Å². The van der Waals surface area contributed by atoms with Gasteiger partial charge >= 0.3 is 0 Å². The highest BCUT2D eigenvalue weighted by Crippen LogP contribution is 2.10. The smallest absolute Gasteiger partial charge is 0.0386 e. The molecule has 1 aliphatic rings. The van der Waals surface area contributed by atoms with Gasteiger partial charge < -0.3 is 5.43 Å². The second-order valence-electron chi connectivity index (χ2n) is 3.58. The molecule has 3 heteroatoms. The van der Waals surface area contributed by atoms with E-state index < -0.39 is 0 Å². The van der Waals surface area contributed by atoms with Gasteiger partial charge in [-0.15, -0.1) is 0 Å². The normalized spacial score (nSPS) is 15.3. The van der Waals surface area contributed by atoms with Crippen LogP contribution in [0.5, 0.6) is 0 Å².